The summed E-state index contributed by atoms with van der Waals surface area (Å²) in [4.78, 5) is 0. The van der Waals surface area contributed by atoms with Gasteiger partial charge in [-0.25, -0.2) is 0 Å². The van der Waals surface area contributed by atoms with Gasteiger partial charge in [0.15, 0.2) is 0 Å². The Balaban J connectivity index is 2.06. The molecule has 1 unspecified atom stereocenters. The molecule has 0 N–H and O–H groups in total. The summed E-state index contributed by atoms with van der Waals surface area (Å²) < 4.78 is 2.51. The van der Waals surface area contributed by atoms with E-state index in [9.17, 15) is 0 Å². The number of benzene rings is 2. The number of rotatable bonds is 1. The van der Waals surface area contributed by atoms with Gasteiger partial charge in [0.05, 0.1) is 0 Å². The normalized spacial score (nSPS) is 18.1. The highest BCUT2D eigenvalue weighted by Gasteiger charge is 2.23. The van der Waals surface area contributed by atoms with Crippen molar-refractivity contribution in [3.63, 3.8) is 0 Å². The van der Waals surface area contributed by atoms with Gasteiger partial charge >= 0.3 is 0 Å². The molecule has 0 radical (unpaired) electrons. The Morgan fingerprint density at radius 2 is 2.00 bits per heavy atom. The smallest absolute Gasteiger partial charge is 0.0178 e. The first kappa shape index (κ1) is 11.7. The van der Waals surface area contributed by atoms with Crippen molar-refractivity contribution >= 4 is 38.5 Å². The topological polar surface area (TPSA) is 0 Å². The van der Waals surface area contributed by atoms with Crippen molar-refractivity contribution in [2.24, 2.45) is 0 Å². The van der Waals surface area contributed by atoms with Crippen LogP contribution in [0.25, 0.3) is 0 Å². The minimum Gasteiger partial charge on any atom is -0.0608 e. The van der Waals surface area contributed by atoms with Gasteiger partial charge < -0.3 is 0 Å². The van der Waals surface area contributed by atoms with Crippen LogP contribution in [0.2, 0.25) is 0 Å². The van der Waals surface area contributed by atoms with Crippen molar-refractivity contribution in [3.8, 4) is 0 Å². The molecule has 1 aliphatic rings. The van der Waals surface area contributed by atoms with Crippen LogP contribution in [0.3, 0.4) is 0 Å². The highest BCUT2D eigenvalue weighted by atomic mass is 127. The Morgan fingerprint density at radius 1 is 1.12 bits per heavy atom. The monoisotopic (exact) mass is 398 g/mol. The minimum absolute atomic E-state index is 0.581. The number of hydrogen-bond donors (Lipinski definition) is 0. The van der Waals surface area contributed by atoms with Crippen molar-refractivity contribution < 1.29 is 0 Å². The molecule has 86 valence electrons. The fraction of sp³-hybridized carbons (Fsp3) is 0.200. The third-order valence-electron chi connectivity index (χ3n) is 3.44. The molecule has 0 fully saturated rings. The summed E-state index contributed by atoms with van der Waals surface area (Å²) in [7, 11) is 0. The lowest BCUT2D eigenvalue weighted by Gasteiger charge is -2.12. The van der Waals surface area contributed by atoms with Crippen LogP contribution in [-0.2, 0) is 6.42 Å². The maximum atomic E-state index is 3.56. The zero-order chi connectivity index (χ0) is 11.8. The van der Waals surface area contributed by atoms with Crippen molar-refractivity contribution in [3.05, 3.63) is 67.2 Å². The largest absolute Gasteiger partial charge is 0.0608 e. The lowest BCUT2D eigenvalue weighted by Crippen LogP contribution is -1.96. The van der Waals surface area contributed by atoms with Crippen LogP contribution in [0.15, 0.2) is 46.9 Å². The van der Waals surface area contributed by atoms with Gasteiger partial charge in [-0.15, -0.1) is 0 Å². The molecule has 1 atom stereocenters. The molecule has 17 heavy (non-hydrogen) atoms. The van der Waals surface area contributed by atoms with Crippen LogP contribution in [0.1, 0.15) is 29.0 Å². The molecule has 2 heteroatoms. The first-order valence-corrected chi connectivity index (χ1v) is 7.65. The fourth-order valence-electron chi connectivity index (χ4n) is 2.64. The summed E-state index contributed by atoms with van der Waals surface area (Å²) in [5.41, 5.74) is 4.48. The number of hydrogen-bond acceptors (Lipinski definition) is 0. The van der Waals surface area contributed by atoms with Gasteiger partial charge in [-0.3, -0.25) is 0 Å². The average molecular weight is 399 g/mol. The Labute approximate surface area is 124 Å². The van der Waals surface area contributed by atoms with E-state index in [0.29, 0.717) is 5.92 Å². The van der Waals surface area contributed by atoms with Crippen molar-refractivity contribution in [1.82, 2.24) is 0 Å². The molecule has 1 aliphatic carbocycles. The van der Waals surface area contributed by atoms with E-state index in [2.05, 4.69) is 81.0 Å². The molecule has 0 aliphatic heterocycles. The molecule has 3 rings (SSSR count). The minimum atomic E-state index is 0.581. The Kier molecular flexibility index (Phi) is 3.26. The van der Waals surface area contributed by atoms with Crippen LogP contribution in [-0.4, -0.2) is 0 Å². The van der Waals surface area contributed by atoms with Gasteiger partial charge in [0, 0.05) is 14.0 Å². The lowest BCUT2D eigenvalue weighted by molar-refractivity contribution is 0.787. The summed E-state index contributed by atoms with van der Waals surface area (Å²) in [6.45, 7) is 0. The predicted octanol–water partition coefficient (Wildman–Crippen LogP) is 5.13. The van der Waals surface area contributed by atoms with Crippen LogP contribution < -0.4 is 0 Å². The first-order valence-electron chi connectivity index (χ1n) is 5.78. The van der Waals surface area contributed by atoms with E-state index in [1.807, 2.05) is 0 Å². The van der Waals surface area contributed by atoms with Crippen LogP contribution in [0, 0.1) is 3.57 Å². The van der Waals surface area contributed by atoms with Gasteiger partial charge in [0.2, 0.25) is 0 Å². The van der Waals surface area contributed by atoms with Crippen LogP contribution >= 0.6 is 38.5 Å². The molecule has 0 saturated carbocycles. The van der Waals surface area contributed by atoms with E-state index >= 15 is 0 Å². The van der Waals surface area contributed by atoms with E-state index < -0.39 is 0 Å². The molecular weight excluding hydrogens is 387 g/mol. The Hall–Kier alpha value is -0.350. The average Bonchev–Trinajstić information content (AvgIpc) is 2.71. The highest BCUT2D eigenvalue weighted by molar-refractivity contribution is 14.1. The van der Waals surface area contributed by atoms with Gasteiger partial charge in [-0.1, -0.05) is 34.1 Å². The molecular formula is C15H12BrI. The Bertz CT molecular complexity index is 563. The highest BCUT2D eigenvalue weighted by Crippen LogP contribution is 2.39. The first-order chi connectivity index (χ1) is 8.24. The molecule has 2 aromatic rings. The second kappa shape index (κ2) is 4.73. The van der Waals surface area contributed by atoms with E-state index in [1.165, 1.54) is 37.6 Å². The predicted molar refractivity (Wildman–Crippen MR) is 83.5 cm³/mol. The summed E-state index contributed by atoms with van der Waals surface area (Å²) >= 11 is 5.96. The molecule has 0 bridgehead atoms. The molecule has 0 amide bonds. The maximum Gasteiger partial charge on any atom is 0.0178 e. The van der Waals surface area contributed by atoms with Gasteiger partial charge in [0.1, 0.15) is 0 Å². The Morgan fingerprint density at radius 3 is 2.82 bits per heavy atom. The van der Waals surface area contributed by atoms with Gasteiger partial charge in [0.25, 0.3) is 0 Å². The molecule has 0 saturated heterocycles. The summed E-state index contributed by atoms with van der Waals surface area (Å²) in [5.74, 6) is 0.581. The van der Waals surface area contributed by atoms with E-state index in [1.54, 1.807) is 0 Å². The third-order valence-corrected chi connectivity index (χ3v) is 4.60. The summed E-state index contributed by atoms with van der Waals surface area (Å²) in [6.07, 6.45) is 2.45. The third kappa shape index (κ3) is 2.29. The number of fused-ring (bicyclic) bond motifs is 1. The fourth-order valence-corrected chi connectivity index (χ4v) is 3.57. The zero-order valence-corrected chi connectivity index (χ0v) is 13.0. The van der Waals surface area contributed by atoms with Gasteiger partial charge in [-0.2, -0.15) is 0 Å². The summed E-state index contributed by atoms with van der Waals surface area (Å²) in [6, 6.07) is 15.6. The summed E-state index contributed by atoms with van der Waals surface area (Å²) in [5, 5.41) is 0. The second-order valence-electron chi connectivity index (χ2n) is 4.49. The molecule has 0 aromatic heterocycles. The van der Waals surface area contributed by atoms with E-state index in [-0.39, 0.29) is 0 Å². The van der Waals surface area contributed by atoms with E-state index in [4.69, 9.17) is 0 Å². The quantitative estimate of drug-likeness (QED) is 0.584. The van der Waals surface area contributed by atoms with Gasteiger partial charge in [-0.05, 0) is 76.4 Å². The van der Waals surface area contributed by atoms with Crippen molar-refractivity contribution in [2.75, 3.05) is 0 Å². The SMILES string of the molecule is Brc1cccc(C2CCc3ccc(I)cc32)c1. The standard InChI is InChI=1S/C15H12BrI/c16-12-3-1-2-11(8-12)14-7-5-10-4-6-13(17)9-15(10)14/h1-4,6,8-9,14H,5,7H2. The zero-order valence-electron chi connectivity index (χ0n) is 9.29. The molecule has 0 nitrogen and oxygen atoms in total. The number of halogens is 2. The van der Waals surface area contributed by atoms with Crippen LogP contribution in [0.5, 0.6) is 0 Å². The van der Waals surface area contributed by atoms with Crippen molar-refractivity contribution in [2.45, 2.75) is 18.8 Å². The molecule has 2 aromatic carbocycles. The van der Waals surface area contributed by atoms with Crippen molar-refractivity contribution in [1.29, 1.82) is 0 Å². The van der Waals surface area contributed by atoms with E-state index in [0.717, 1.165) is 0 Å². The second-order valence-corrected chi connectivity index (χ2v) is 6.65. The molecule has 0 heterocycles. The van der Waals surface area contributed by atoms with Crippen LogP contribution in [0.4, 0.5) is 0 Å². The molecule has 0 spiro atoms. The number of aryl methyl sites for hydroxylation is 1. The maximum absolute atomic E-state index is 3.56. The lowest BCUT2D eigenvalue weighted by atomic mass is 9.93.